The molecule has 1 aliphatic heterocycles. The summed E-state index contributed by atoms with van der Waals surface area (Å²) in [5, 5.41) is 6.70. The Hall–Kier alpha value is -0.570. The second-order valence-corrected chi connectivity index (χ2v) is 6.12. The Morgan fingerprint density at radius 1 is 1.22 bits per heavy atom. The molecule has 1 aliphatic carbocycles. The molecule has 0 radical (unpaired) electrons. The van der Waals surface area contributed by atoms with Crippen molar-refractivity contribution < 1.29 is 4.79 Å². The van der Waals surface area contributed by atoms with Gasteiger partial charge in [0, 0.05) is 6.04 Å². The van der Waals surface area contributed by atoms with E-state index in [2.05, 4.69) is 24.5 Å². The molecule has 3 heteroatoms. The smallest absolute Gasteiger partial charge is 0.237 e. The lowest BCUT2D eigenvalue weighted by Crippen LogP contribution is -2.54. The predicted octanol–water partition coefficient (Wildman–Crippen LogP) is 2.46. The molecule has 2 aliphatic rings. The first-order chi connectivity index (χ1) is 8.72. The van der Waals surface area contributed by atoms with Gasteiger partial charge in [-0.1, -0.05) is 33.1 Å². The number of hydrogen-bond acceptors (Lipinski definition) is 2. The van der Waals surface area contributed by atoms with Crippen LogP contribution < -0.4 is 10.6 Å². The molecule has 2 fully saturated rings. The molecule has 2 rings (SSSR count). The second-order valence-electron chi connectivity index (χ2n) is 6.12. The molecule has 18 heavy (non-hydrogen) atoms. The normalized spacial score (nSPS) is 37.2. The maximum atomic E-state index is 12.4. The van der Waals surface area contributed by atoms with Gasteiger partial charge in [0.1, 0.15) is 0 Å². The molecular weight excluding hydrogens is 224 g/mol. The minimum absolute atomic E-state index is 0.0400. The van der Waals surface area contributed by atoms with Crippen LogP contribution in [0.5, 0.6) is 0 Å². The zero-order valence-electron chi connectivity index (χ0n) is 11.9. The fourth-order valence-corrected chi connectivity index (χ4v) is 3.56. The van der Waals surface area contributed by atoms with Gasteiger partial charge in [0.05, 0.1) is 6.04 Å². The van der Waals surface area contributed by atoms with E-state index in [1.54, 1.807) is 0 Å². The predicted molar refractivity (Wildman–Crippen MR) is 74.4 cm³/mol. The fourth-order valence-electron chi connectivity index (χ4n) is 3.56. The van der Waals surface area contributed by atoms with Gasteiger partial charge in [-0.15, -0.1) is 0 Å². The van der Waals surface area contributed by atoms with Gasteiger partial charge in [-0.25, -0.2) is 0 Å². The summed E-state index contributed by atoms with van der Waals surface area (Å²) >= 11 is 0. The Morgan fingerprint density at radius 3 is 2.72 bits per heavy atom. The van der Waals surface area contributed by atoms with Crippen LogP contribution >= 0.6 is 0 Å². The van der Waals surface area contributed by atoms with Crippen molar-refractivity contribution in [3.8, 4) is 0 Å². The SMILES string of the molecule is CCC1CCCCC1NC(=O)C1NCCCC1C. The highest BCUT2D eigenvalue weighted by Gasteiger charge is 2.31. The van der Waals surface area contributed by atoms with Gasteiger partial charge in [0.15, 0.2) is 0 Å². The Kier molecular flexibility index (Phi) is 5.04. The third-order valence-electron chi connectivity index (χ3n) is 4.81. The minimum Gasteiger partial charge on any atom is -0.352 e. The van der Waals surface area contributed by atoms with E-state index in [9.17, 15) is 4.79 Å². The van der Waals surface area contributed by atoms with E-state index in [4.69, 9.17) is 0 Å². The molecule has 4 atom stereocenters. The highest BCUT2D eigenvalue weighted by Crippen LogP contribution is 2.27. The van der Waals surface area contributed by atoms with Crippen LogP contribution in [0.4, 0.5) is 0 Å². The number of nitrogens with one attached hydrogen (secondary N) is 2. The van der Waals surface area contributed by atoms with Crippen molar-refractivity contribution in [3.05, 3.63) is 0 Å². The lowest BCUT2D eigenvalue weighted by atomic mass is 9.82. The van der Waals surface area contributed by atoms with Gasteiger partial charge in [-0.3, -0.25) is 4.79 Å². The summed E-state index contributed by atoms with van der Waals surface area (Å²) in [6, 6.07) is 0.463. The third kappa shape index (κ3) is 3.25. The van der Waals surface area contributed by atoms with Crippen LogP contribution in [0.1, 0.15) is 58.8 Å². The van der Waals surface area contributed by atoms with Crippen LogP contribution in [-0.2, 0) is 4.79 Å². The fraction of sp³-hybridized carbons (Fsp3) is 0.933. The first-order valence-electron chi connectivity index (χ1n) is 7.76. The minimum atomic E-state index is 0.0400. The van der Waals surface area contributed by atoms with Crippen molar-refractivity contribution in [1.82, 2.24) is 10.6 Å². The number of piperidine rings is 1. The standard InChI is InChI=1S/C15H28N2O/c1-3-12-8-4-5-9-13(12)17-15(18)14-11(2)7-6-10-16-14/h11-14,16H,3-10H2,1-2H3,(H,17,18). The van der Waals surface area contributed by atoms with Crippen molar-refractivity contribution in [2.45, 2.75) is 70.9 Å². The average Bonchev–Trinajstić information content (AvgIpc) is 2.39. The molecule has 0 spiro atoms. The van der Waals surface area contributed by atoms with Gasteiger partial charge in [0.25, 0.3) is 0 Å². The molecule has 1 saturated carbocycles. The molecule has 0 aromatic heterocycles. The molecule has 4 unspecified atom stereocenters. The molecule has 1 heterocycles. The molecular formula is C15H28N2O. The number of hydrogen-bond donors (Lipinski definition) is 2. The summed E-state index contributed by atoms with van der Waals surface area (Å²) in [6.45, 7) is 5.43. The second kappa shape index (κ2) is 6.55. The van der Waals surface area contributed by atoms with E-state index in [0.717, 1.165) is 6.54 Å². The molecule has 1 saturated heterocycles. The van der Waals surface area contributed by atoms with Crippen LogP contribution in [0, 0.1) is 11.8 Å². The highest BCUT2D eigenvalue weighted by atomic mass is 16.2. The molecule has 2 N–H and O–H groups in total. The van der Waals surface area contributed by atoms with Crippen LogP contribution in [0.25, 0.3) is 0 Å². The summed E-state index contributed by atoms with van der Waals surface area (Å²) in [5.41, 5.74) is 0. The Labute approximate surface area is 111 Å². The van der Waals surface area contributed by atoms with Crippen molar-refractivity contribution in [3.63, 3.8) is 0 Å². The van der Waals surface area contributed by atoms with Gasteiger partial charge >= 0.3 is 0 Å². The summed E-state index contributed by atoms with van der Waals surface area (Å²) in [5.74, 6) is 1.41. The number of rotatable bonds is 3. The Bertz CT molecular complexity index is 280. The van der Waals surface area contributed by atoms with E-state index >= 15 is 0 Å². The topological polar surface area (TPSA) is 41.1 Å². The van der Waals surface area contributed by atoms with Crippen LogP contribution in [0.3, 0.4) is 0 Å². The number of carbonyl (C=O) groups excluding carboxylic acids is 1. The third-order valence-corrected chi connectivity index (χ3v) is 4.81. The van der Waals surface area contributed by atoms with E-state index in [1.807, 2.05) is 0 Å². The maximum absolute atomic E-state index is 12.4. The summed E-state index contributed by atoms with van der Waals surface area (Å²) in [4.78, 5) is 12.4. The van der Waals surface area contributed by atoms with Crippen LogP contribution in [-0.4, -0.2) is 24.5 Å². The summed E-state index contributed by atoms with van der Waals surface area (Å²) < 4.78 is 0. The van der Waals surface area contributed by atoms with Crippen molar-refractivity contribution in [1.29, 1.82) is 0 Å². The van der Waals surface area contributed by atoms with Crippen molar-refractivity contribution >= 4 is 5.91 Å². The van der Waals surface area contributed by atoms with E-state index in [1.165, 1.54) is 44.9 Å². The maximum Gasteiger partial charge on any atom is 0.237 e. The number of carbonyl (C=O) groups is 1. The van der Waals surface area contributed by atoms with Crippen molar-refractivity contribution in [2.75, 3.05) is 6.54 Å². The van der Waals surface area contributed by atoms with Gasteiger partial charge in [0.2, 0.25) is 5.91 Å². The Balaban J connectivity index is 1.88. The van der Waals surface area contributed by atoms with E-state index < -0.39 is 0 Å². The first kappa shape index (κ1) is 13.9. The lowest BCUT2D eigenvalue weighted by molar-refractivity contribution is -0.126. The molecule has 3 nitrogen and oxygen atoms in total. The lowest BCUT2D eigenvalue weighted by Gasteiger charge is -2.35. The van der Waals surface area contributed by atoms with Gasteiger partial charge < -0.3 is 10.6 Å². The van der Waals surface area contributed by atoms with E-state index in [-0.39, 0.29) is 11.9 Å². The van der Waals surface area contributed by atoms with Gasteiger partial charge in [-0.05, 0) is 44.1 Å². The largest absolute Gasteiger partial charge is 0.352 e. The van der Waals surface area contributed by atoms with E-state index in [0.29, 0.717) is 17.9 Å². The molecule has 1 amide bonds. The van der Waals surface area contributed by atoms with Crippen LogP contribution in [0.2, 0.25) is 0 Å². The quantitative estimate of drug-likeness (QED) is 0.810. The molecule has 0 bridgehead atoms. The monoisotopic (exact) mass is 252 g/mol. The summed E-state index contributed by atoms with van der Waals surface area (Å²) in [7, 11) is 0. The molecule has 104 valence electrons. The Morgan fingerprint density at radius 2 is 2.00 bits per heavy atom. The zero-order valence-corrected chi connectivity index (χ0v) is 11.9. The van der Waals surface area contributed by atoms with Crippen molar-refractivity contribution in [2.24, 2.45) is 11.8 Å². The van der Waals surface area contributed by atoms with Crippen LogP contribution in [0.15, 0.2) is 0 Å². The number of amides is 1. The summed E-state index contributed by atoms with van der Waals surface area (Å²) in [6.07, 6.45) is 8.63. The molecule has 0 aromatic rings. The average molecular weight is 252 g/mol. The highest BCUT2D eigenvalue weighted by molar-refractivity contribution is 5.82. The zero-order chi connectivity index (χ0) is 13.0. The van der Waals surface area contributed by atoms with Gasteiger partial charge in [-0.2, -0.15) is 0 Å². The first-order valence-corrected chi connectivity index (χ1v) is 7.76. The molecule has 0 aromatic carbocycles.